The zero-order chi connectivity index (χ0) is 13.8. The van der Waals surface area contributed by atoms with Crippen molar-refractivity contribution in [3.8, 4) is 0 Å². The number of aryl methyl sites for hydroxylation is 2. The normalized spacial score (nSPS) is 20.5. The lowest BCUT2D eigenvalue weighted by molar-refractivity contribution is -0.118. The van der Waals surface area contributed by atoms with Crippen molar-refractivity contribution >= 4 is 11.7 Å². The van der Waals surface area contributed by atoms with Crippen LogP contribution in [0, 0.1) is 6.92 Å². The predicted octanol–water partition coefficient (Wildman–Crippen LogP) is 1.93. The Balaban J connectivity index is 1.91. The number of nitrogens with one attached hydrogen (secondary N) is 1. The molecule has 1 fully saturated rings. The average Bonchev–Trinajstić information content (AvgIpc) is 2.68. The summed E-state index contributed by atoms with van der Waals surface area (Å²) in [4.78, 5) is 14.4. The van der Waals surface area contributed by atoms with Crippen LogP contribution in [-0.4, -0.2) is 39.7 Å². The maximum absolute atomic E-state index is 12.1. The smallest absolute Gasteiger partial charge is 0.239 e. The molecule has 1 N–H and O–H groups in total. The van der Waals surface area contributed by atoms with Crippen LogP contribution in [0.15, 0.2) is 6.07 Å². The third-order valence-electron chi connectivity index (χ3n) is 3.84. The largest absolute Gasteiger partial charge is 0.310 e. The molecule has 0 radical (unpaired) electrons. The highest BCUT2D eigenvalue weighted by Crippen LogP contribution is 2.19. The number of amides is 1. The first-order valence-corrected chi connectivity index (χ1v) is 7.14. The van der Waals surface area contributed by atoms with Gasteiger partial charge in [-0.3, -0.25) is 14.4 Å². The molecule has 0 aliphatic carbocycles. The third kappa shape index (κ3) is 3.56. The molecule has 106 valence electrons. The van der Waals surface area contributed by atoms with Gasteiger partial charge < -0.3 is 5.32 Å². The van der Waals surface area contributed by atoms with Crippen LogP contribution in [-0.2, 0) is 11.8 Å². The third-order valence-corrected chi connectivity index (χ3v) is 3.84. The minimum atomic E-state index is 0.0587. The van der Waals surface area contributed by atoms with Crippen LogP contribution in [0.3, 0.4) is 0 Å². The van der Waals surface area contributed by atoms with Crippen LogP contribution in [0.2, 0.25) is 0 Å². The van der Waals surface area contributed by atoms with Gasteiger partial charge in [0, 0.05) is 19.2 Å². The van der Waals surface area contributed by atoms with Gasteiger partial charge in [0.1, 0.15) is 5.82 Å². The van der Waals surface area contributed by atoms with Gasteiger partial charge in [0.25, 0.3) is 0 Å². The second-order valence-electron chi connectivity index (χ2n) is 5.37. The molecule has 0 bridgehead atoms. The van der Waals surface area contributed by atoms with E-state index in [0.717, 1.165) is 24.5 Å². The lowest BCUT2D eigenvalue weighted by Crippen LogP contribution is -2.43. The molecule has 0 unspecified atom stereocenters. The number of likely N-dealkylation sites (tertiary alicyclic amines) is 1. The van der Waals surface area contributed by atoms with Crippen LogP contribution in [0.1, 0.15) is 38.3 Å². The van der Waals surface area contributed by atoms with Crippen LogP contribution in [0.4, 0.5) is 5.82 Å². The first kappa shape index (κ1) is 14.1. The Hall–Kier alpha value is -1.36. The Morgan fingerprint density at radius 1 is 1.53 bits per heavy atom. The summed E-state index contributed by atoms with van der Waals surface area (Å²) in [6, 6.07) is 2.46. The number of carbonyl (C=O) groups excluding carboxylic acids is 1. The van der Waals surface area contributed by atoms with E-state index in [0.29, 0.717) is 12.6 Å². The van der Waals surface area contributed by atoms with Crippen molar-refractivity contribution in [1.82, 2.24) is 14.7 Å². The van der Waals surface area contributed by atoms with Gasteiger partial charge in [0.2, 0.25) is 5.91 Å². The van der Waals surface area contributed by atoms with E-state index in [-0.39, 0.29) is 5.91 Å². The molecule has 1 saturated heterocycles. The molecule has 19 heavy (non-hydrogen) atoms. The average molecular weight is 264 g/mol. The van der Waals surface area contributed by atoms with Crippen molar-refractivity contribution in [1.29, 1.82) is 0 Å². The lowest BCUT2D eigenvalue weighted by Gasteiger charge is -2.34. The Labute approximate surface area is 115 Å². The highest BCUT2D eigenvalue weighted by atomic mass is 16.2. The lowest BCUT2D eigenvalue weighted by atomic mass is 10.0. The summed E-state index contributed by atoms with van der Waals surface area (Å²) >= 11 is 0. The van der Waals surface area contributed by atoms with Crippen molar-refractivity contribution in [2.75, 3.05) is 18.4 Å². The summed E-state index contributed by atoms with van der Waals surface area (Å²) < 4.78 is 1.71. The number of aromatic nitrogens is 2. The highest BCUT2D eigenvalue weighted by molar-refractivity contribution is 5.91. The molecule has 0 saturated carbocycles. The van der Waals surface area contributed by atoms with E-state index < -0.39 is 0 Å². The number of anilines is 1. The number of hydrogen-bond donors (Lipinski definition) is 1. The monoisotopic (exact) mass is 264 g/mol. The molecule has 1 aromatic rings. The van der Waals surface area contributed by atoms with Gasteiger partial charge in [-0.1, -0.05) is 13.3 Å². The fourth-order valence-corrected chi connectivity index (χ4v) is 2.82. The van der Waals surface area contributed by atoms with Crippen molar-refractivity contribution in [2.45, 2.75) is 45.6 Å². The van der Waals surface area contributed by atoms with Crippen molar-refractivity contribution in [2.24, 2.45) is 7.05 Å². The fourth-order valence-electron chi connectivity index (χ4n) is 2.82. The number of rotatable bonds is 4. The highest BCUT2D eigenvalue weighted by Gasteiger charge is 2.22. The van der Waals surface area contributed by atoms with Crippen molar-refractivity contribution in [3.63, 3.8) is 0 Å². The molecule has 1 aromatic heterocycles. The van der Waals surface area contributed by atoms with E-state index in [9.17, 15) is 4.79 Å². The van der Waals surface area contributed by atoms with Gasteiger partial charge in [0.05, 0.1) is 12.2 Å². The Morgan fingerprint density at radius 3 is 2.95 bits per heavy atom. The molecule has 1 atom stereocenters. The number of carbonyl (C=O) groups is 1. The molecule has 1 aliphatic rings. The van der Waals surface area contributed by atoms with E-state index in [1.807, 2.05) is 20.0 Å². The number of piperidine rings is 1. The molecule has 0 spiro atoms. The van der Waals surface area contributed by atoms with Crippen LogP contribution < -0.4 is 5.32 Å². The first-order valence-electron chi connectivity index (χ1n) is 7.14. The van der Waals surface area contributed by atoms with E-state index in [1.54, 1.807) is 4.68 Å². The van der Waals surface area contributed by atoms with Gasteiger partial charge in [0.15, 0.2) is 0 Å². The summed E-state index contributed by atoms with van der Waals surface area (Å²) in [5, 5.41) is 7.17. The topological polar surface area (TPSA) is 50.2 Å². The van der Waals surface area contributed by atoms with Crippen molar-refractivity contribution in [3.05, 3.63) is 11.8 Å². The molecular formula is C14H24N4O. The summed E-state index contributed by atoms with van der Waals surface area (Å²) in [6.45, 7) is 5.65. The number of hydrogen-bond acceptors (Lipinski definition) is 3. The number of nitrogens with zero attached hydrogens (tertiary/aromatic N) is 3. The molecule has 2 rings (SSSR count). The minimum Gasteiger partial charge on any atom is -0.310 e. The predicted molar refractivity (Wildman–Crippen MR) is 76.1 cm³/mol. The maximum Gasteiger partial charge on any atom is 0.239 e. The Bertz CT molecular complexity index is 441. The van der Waals surface area contributed by atoms with Crippen LogP contribution in [0.5, 0.6) is 0 Å². The molecule has 1 aliphatic heterocycles. The SMILES string of the molecule is CC[C@@H]1CCCCN1CC(=O)Nc1cc(C)nn1C. The van der Waals surface area contributed by atoms with E-state index >= 15 is 0 Å². The quantitative estimate of drug-likeness (QED) is 0.904. The van der Waals surface area contributed by atoms with Gasteiger partial charge in [-0.05, 0) is 32.7 Å². The molecule has 5 nitrogen and oxygen atoms in total. The summed E-state index contributed by atoms with van der Waals surface area (Å²) in [6.07, 6.45) is 4.83. The Morgan fingerprint density at radius 2 is 2.32 bits per heavy atom. The molecule has 1 amide bonds. The van der Waals surface area contributed by atoms with E-state index in [2.05, 4.69) is 22.2 Å². The second kappa shape index (κ2) is 6.19. The van der Waals surface area contributed by atoms with Gasteiger partial charge in [-0.15, -0.1) is 0 Å². The molecule has 5 heteroatoms. The zero-order valence-electron chi connectivity index (χ0n) is 12.1. The summed E-state index contributed by atoms with van der Waals surface area (Å²) in [5.74, 6) is 0.830. The summed E-state index contributed by atoms with van der Waals surface area (Å²) in [5.41, 5.74) is 0.919. The first-order chi connectivity index (χ1) is 9.10. The molecule has 0 aromatic carbocycles. The van der Waals surface area contributed by atoms with Gasteiger partial charge >= 0.3 is 0 Å². The van der Waals surface area contributed by atoms with Crippen LogP contribution >= 0.6 is 0 Å². The zero-order valence-corrected chi connectivity index (χ0v) is 12.1. The van der Waals surface area contributed by atoms with Crippen molar-refractivity contribution < 1.29 is 4.79 Å². The minimum absolute atomic E-state index is 0.0587. The van der Waals surface area contributed by atoms with Gasteiger partial charge in [-0.25, -0.2) is 0 Å². The van der Waals surface area contributed by atoms with Crippen LogP contribution in [0.25, 0.3) is 0 Å². The molecular weight excluding hydrogens is 240 g/mol. The Kier molecular flexibility index (Phi) is 4.58. The standard InChI is InChI=1S/C14H24N4O/c1-4-12-7-5-6-8-18(12)10-14(19)15-13-9-11(2)16-17(13)3/h9,12H,4-8,10H2,1-3H3,(H,15,19)/t12-/m1/s1. The molecule has 2 heterocycles. The van der Waals surface area contributed by atoms with Gasteiger partial charge in [-0.2, -0.15) is 5.10 Å². The maximum atomic E-state index is 12.1. The van der Waals surface area contributed by atoms with E-state index in [4.69, 9.17) is 0 Å². The fraction of sp³-hybridized carbons (Fsp3) is 0.714. The summed E-state index contributed by atoms with van der Waals surface area (Å²) in [7, 11) is 1.85. The second-order valence-corrected chi connectivity index (χ2v) is 5.37. The van der Waals surface area contributed by atoms with E-state index in [1.165, 1.54) is 19.3 Å².